The van der Waals surface area contributed by atoms with E-state index in [1.54, 1.807) is 0 Å². The predicted molar refractivity (Wildman–Crippen MR) is 7.33 cm³/mol. The van der Waals surface area contributed by atoms with Gasteiger partial charge in [-0.2, -0.15) is 0 Å². The van der Waals surface area contributed by atoms with Crippen LogP contribution in [0.5, 0.6) is 0 Å². The molecule has 0 saturated carbocycles. The number of hydrogen-bond acceptors (Lipinski definition) is 4. The average Bonchev–Trinajstić information content (AvgIpc) is 0.811. The van der Waals surface area contributed by atoms with E-state index in [2.05, 4.69) is 0 Å². The molecule has 5 heteroatoms. The molecule has 1 N–H and O–H groups in total. The van der Waals surface area contributed by atoms with Crippen LogP contribution in [0.25, 0.3) is 0 Å². The molecule has 0 amide bonds. The molecule has 0 saturated heterocycles. The Bertz CT molecular complexity index is 30.5. The quantitative estimate of drug-likeness (QED) is 0.364. The van der Waals surface area contributed by atoms with E-state index in [1.807, 2.05) is 0 Å². The van der Waals surface area contributed by atoms with Crippen molar-refractivity contribution in [1.29, 1.82) is 0 Å². The average molecular weight is 136 g/mol. The first-order chi connectivity index (χ1) is 1.73. The summed E-state index contributed by atoms with van der Waals surface area (Å²) in [5.41, 5.74) is 0. The number of carbonyl (C=O) groups is 1. The largest absolute Gasteiger partial charge is 0.870 e. The van der Waals surface area contributed by atoms with Crippen molar-refractivity contribution in [3.8, 4) is 0 Å². The van der Waals surface area contributed by atoms with Crippen LogP contribution < -0.4 is 10.2 Å². The van der Waals surface area contributed by atoms with Crippen LogP contribution in [0, 0.1) is 0 Å². The van der Waals surface area contributed by atoms with Crippen LogP contribution >= 0.6 is 0 Å². The molecule has 0 heterocycles. The smallest absolute Gasteiger partial charge is 0 e. The molecule has 0 aliphatic carbocycles. The molecular formula is CHCoO4-3. The normalized spacial score (nSPS) is 4.00. The Kier molecular flexibility index (Phi) is 25.3. The van der Waals surface area contributed by atoms with E-state index in [4.69, 9.17) is 15.0 Å². The van der Waals surface area contributed by atoms with Gasteiger partial charge >= 0.3 is 0 Å². The molecule has 0 fully saturated rings. The zero-order chi connectivity index (χ0) is 3.58. The molecule has 0 aliphatic heterocycles. The third-order valence-electron chi connectivity index (χ3n) is 0. The number of hydrogen-bond donors (Lipinski definition) is 0. The van der Waals surface area contributed by atoms with Crippen LogP contribution in [0.2, 0.25) is 0 Å². The second kappa shape index (κ2) is 8.83. The van der Waals surface area contributed by atoms with E-state index in [0.29, 0.717) is 0 Å². The van der Waals surface area contributed by atoms with Crippen LogP contribution in [-0.2, 0) is 16.8 Å². The molecule has 6 heavy (non-hydrogen) atoms. The Labute approximate surface area is 44.3 Å². The van der Waals surface area contributed by atoms with Gasteiger partial charge in [0.1, 0.15) is 0 Å². The van der Waals surface area contributed by atoms with Crippen molar-refractivity contribution < 1.29 is 37.3 Å². The minimum atomic E-state index is -2.33. The number of carboxylic acid groups (broad SMARTS) is 2. The molecule has 4 nitrogen and oxygen atoms in total. The Morgan fingerprint density at radius 3 is 1.33 bits per heavy atom. The topological polar surface area (TPSA) is 93.2 Å². The summed E-state index contributed by atoms with van der Waals surface area (Å²) >= 11 is 0. The Morgan fingerprint density at radius 1 is 1.33 bits per heavy atom. The summed E-state index contributed by atoms with van der Waals surface area (Å²) < 4.78 is 0. The van der Waals surface area contributed by atoms with Gasteiger partial charge in [-0.3, -0.25) is 0 Å². The summed E-state index contributed by atoms with van der Waals surface area (Å²) in [4.78, 5) is 8.33. The van der Waals surface area contributed by atoms with Crippen molar-refractivity contribution >= 4 is 6.16 Å². The molecule has 0 bridgehead atoms. The summed E-state index contributed by atoms with van der Waals surface area (Å²) in [6.07, 6.45) is -2.33. The van der Waals surface area contributed by atoms with Crippen molar-refractivity contribution in [2.24, 2.45) is 0 Å². The van der Waals surface area contributed by atoms with Gasteiger partial charge in [0.25, 0.3) is 0 Å². The third-order valence-corrected chi connectivity index (χ3v) is 0. The van der Waals surface area contributed by atoms with Gasteiger partial charge in [0.2, 0.25) is 0 Å². The Morgan fingerprint density at radius 2 is 1.33 bits per heavy atom. The standard InChI is InChI=1S/CH2O3.Co.H2O/c2-1(3)4;;/h(H2,2,3,4);;1H2/p-3. The Balaban J connectivity index is -0.0000000450. The zero-order valence-corrected chi connectivity index (χ0v) is 3.55. The summed E-state index contributed by atoms with van der Waals surface area (Å²) in [7, 11) is 0. The summed E-state index contributed by atoms with van der Waals surface area (Å²) in [5.74, 6) is 0. The maximum atomic E-state index is 8.33. The molecule has 0 atom stereocenters. The monoisotopic (exact) mass is 136 g/mol. The molecule has 1 radical (unpaired) electrons. The molecular weight excluding hydrogens is 135 g/mol. The van der Waals surface area contributed by atoms with Gasteiger partial charge in [-0.05, 0) is 6.16 Å². The molecule has 0 unspecified atom stereocenters. The predicted octanol–water partition coefficient (Wildman–Crippen LogP) is -2.63. The van der Waals surface area contributed by atoms with Gasteiger partial charge in [-0.15, -0.1) is 0 Å². The van der Waals surface area contributed by atoms with Crippen molar-refractivity contribution in [2.45, 2.75) is 0 Å². The van der Waals surface area contributed by atoms with E-state index in [0.717, 1.165) is 0 Å². The molecule has 0 aromatic carbocycles. The fourth-order valence-electron chi connectivity index (χ4n) is 0. The zero-order valence-electron chi connectivity index (χ0n) is 2.51. The fourth-order valence-corrected chi connectivity index (χ4v) is 0. The van der Waals surface area contributed by atoms with Gasteiger partial charge in [0, 0.05) is 16.8 Å². The van der Waals surface area contributed by atoms with Crippen LogP contribution in [0.4, 0.5) is 4.79 Å². The van der Waals surface area contributed by atoms with Gasteiger partial charge in [-0.1, -0.05) is 0 Å². The third kappa shape index (κ3) is 403. The maximum Gasteiger partial charge on any atom is 0 e. The minimum absolute atomic E-state index is 0. The van der Waals surface area contributed by atoms with Gasteiger partial charge in [-0.25, -0.2) is 0 Å². The van der Waals surface area contributed by atoms with Crippen molar-refractivity contribution in [2.75, 3.05) is 0 Å². The van der Waals surface area contributed by atoms with Crippen LogP contribution in [-0.4, -0.2) is 11.6 Å². The van der Waals surface area contributed by atoms with Crippen LogP contribution in [0.15, 0.2) is 0 Å². The second-order valence-corrected chi connectivity index (χ2v) is 0.250. The Hall–Kier alpha value is -0.264. The molecule has 0 rings (SSSR count). The van der Waals surface area contributed by atoms with Crippen molar-refractivity contribution in [3.63, 3.8) is 0 Å². The van der Waals surface area contributed by atoms with E-state index < -0.39 is 6.16 Å². The van der Waals surface area contributed by atoms with E-state index >= 15 is 0 Å². The van der Waals surface area contributed by atoms with Crippen molar-refractivity contribution in [1.82, 2.24) is 0 Å². The first-order valence-electron chi connectivity index (χ1n) is 0.612. The summed E-state index contributed by atoms with van der Waals surface area (Å²) in [6.45, 7) is 0. The summed E-state index contributed by atoms with van der Waals surface area (Å²) in [6, 6.07) is 0. The molecule has 0 aromatic heterocycles. The van der Waals surface area contributed by atoms with E-state index in [1.165, 1.54) is 0 Å². The molecule has 41 valence electrons. The molecule has 0 aliphatic rings. The van der Waals surface area contributed by atoms with E-state index in [9.17, 15) is 0 Å². The van der Waals surface area contributed by atoms with Gasteiger partial charge in [0.05, 0.1) is 0 Å². The second-order valence-electron chi connectivity index (χ2n) is 0.250. The first kappa shape index (κ1) is 17.2. The molecule has 0 aromatic rings. The minimum Gasteiger partial charge on any atom is -0.870 e. The van der Waals surface area contributed by atoms with Crippen molar-refractivity contribution in [3.05, 3.63) is 0 Å². The van der Waals surface area contributed by atoms with Crippen LogP contribution in [0.1, 0.15) is 0 Å². The first-order valence-corrected chi connectivity index (χ1v) is 0.612. The number of carbonyl (C=O) groups excluding carboxylic acids is 1. The SMILES string of the molecule is O=C([O-])[O-].[Co].[OH-]. The maximum absolute atomic E-state index is 8.33. The van der Waals surface area contributed by atoms with Gasteiger partial charge in [0.15, 0.2) is 0 Å². The van der Waals surface area contributed by atoms with Gasteiger partial charge < -0.3 is 20.5 Å². The van der Waals surface area contributed by atoms with Crippen LogP contribution in [0.3, 0.4) is 0 Å². The molecule has 0 spiro atoms. The summed E-state index contributed by atoms with van der Waals surface area (Å²) in [5, 5.41) is 16.7. The fraction of sp³-hybridized carbons (Fsp3) is 0. The van der Waals surface area contributed by atoms with E-state index in [-0.39, 0.29) is 22.3 Å². The number of rotatable bonds is 0.